The number of hydrogen-bond donors (Lipinski definition) is 0. The average Bonchev–Trinajstić information content (AvgIpc) is 2.25. The second-order valence-electron chi connectivity index (χ2n) is 4.84. The molecular weight excluding hydrogens is 268 g/mol. The van der Waals surface area contributed by atoms with E-state index in [9.17, 15) is 4.79 Å². The van der Waals surface area contributed by atoms with Crippen LogP contribution in [0.4, 0.5) is 0 Å². The van der Waals surface area contributed by atoms with E-state index in [1.165, 1.54) is 0 Å². The normalized spacial score (nSPS) is 22.8. The Morgan fingerprint density at radius 2 is 2.12 bits per heavy atom. The van der Waals surface area contributed by atoms with Gasteiger partial charge in [0.1, 0.15) is 5.75 Å². The first-order chi connectivity index (χ1) is 7.45. The second kappa shape index (κ2) is 3.88. The molecule has 1 aromatic rings. The summed E-state index contributed by atoms with van der Waals surface area (Å²) in [4.78, 5) is 12.4. The van der Waals surface area contributed by atoms with E-state index in [1.807, 2.05) is 32.0 Å². The molecule has 0 amide bonds. The van der Waals surface area contributed by atoms with Gasteiger partial charge in [0.05, 0.1) is 7.11 Å². The van der Waals surface area contributed by atoms with Gasteiger partial charge in [-0.1, -0.05) is 29.8 Å². The molecule has 2 nitrogen and oxygen atoms in total. The highest BCUT2D eigenvalue weighted by Crippen LogP contribution is 2.45. The second-order valence-corrected chi connectivity index (χ2v) is 5.94. The van der Waals surface area contributed by atoms with Crippen molar-refractivity contribution < 1.29 is 9.53 Å². The largest absolute Gasteiger partial charge is 0.497 e. The fraction of sp³-hybridized carbons (Fsp3) is 0.462. The molecule has 0 fully saturated rings. The van der Waals surface area contributed by atoms with Crippen LogP contribution in [0.15, 0.2) is 18.2 Å². The Morgan fingerprint density at radius 1 is 1.44 bits per heavy atom. The minimum atomic E-state index is -0.282. The lowest BCUT2D eigenvalue weighted by molar-refractivity contribution is 0.0810. The van der Waals surface area contributed by atoms with Gasteiger partial charge in [-0.2, -0.15) is 0 Å². The van der Waals surface area contributed by atoms with Crippen molar-refractivity contribution >= 4 is 21.7 Å². The lowest BCUT2D eigenvalue weighted by Gasteiger charge is -2.33. The highest BCUT2D eigenvalue weighted by atomic mass is 79.9. The number of carbonyl (C=O) groups is 1. The van der Waals surface area contributed by atoms with Gasteiger partial charge in [0.15, 0.2) is 5.78 Å². The molecule has 0 saturated carbocycles. The summed E-state index contributed by atoms with van der Waals surface area (Å²) in [6.07, 6.45) is 0.825. The Kier molecular flexibility index (Phi) is 2.82. The topological polar surface area (TPSA) is 26.3 Å². The molecule has 0 N–H and O–H groups in total. The molecule has 1 aliphatic rings. The number of Topliss-reactive ketones (excluding diaryl/α,β-unsaturated/α-hetero) is 1. The molecule has 1 aromatic carbocycles. The molecule has 0 aliphatic heterocycles. The predicted octanol–water partition coefficient (Wildman–Crippen LogP) is 3.74. The molecule has 0 saturated heterocycles. The minimum Gasteiger partial charge on any atom is -0.497 e. The van der Waals surface area contributed by atoms with E-state index in [0.717, 1.165) is 23.3 Å². The quantitative estimate of drug-likeness (QED) is 0.734. The lowest BCUT2D eigenvalue weighted by atomic mass is 9.73. The van der Waals surface area contributed by atoms with Crippen molar-refractivity contribution in [1.82, 2.24) is 0 Å². The van der Waals surface area contributed by atoms with Gasteiger partial charge >= 0.3 is 0 Å². The molecule has 1 atom stereocenters. The van der Waals surface area contributed by atoms with Crippen molar-refractivity contribution in [2.45, 2.75) is 25.1 Å². The van der Waals surface area contributed by atoms with Crippen molar-refractivity contribution in [3.05, 3.63) is 29.3 Å². The summed E-state index contributed by atoms with van der Waals surface area (Å²) in [5, 5.41) is 0. The highest BCUT2D eigenvalue weighted by molar-refractivity contribution is 9.09. The summed E-state index contributed by atoms with van der Waals surface area (Å²) in [7, 11) is 1.64. The molecule has 0 unspecified atom stereocenters. The fourth-order valence-corrected chi connectivity index (χ4v) is 3.34. The van der Waals surface area contributed by atoms with Crippen LogP contribution in [-0.4, -0.2) is 12.9 Å². The monoisotopic (exact) mass is 282 g/mol. The standard InChI is InChI=1S/C13H15BrO2/c1-13(2)7-11(14)10-6-8(16-3)4-5-9(10)12(13)15/h4-6,11H,7H2,1-3H3/t11-/m0/s1. The van der Waals surface area contributed by atoms with Crippen LogP contribution in [0.1, 0.15) is 41.0 Å². The van der Waals surface area contributed by atoms with Crippen LogP contribution < -0.4 is 4.74 Å². The number of halogens is 1. The van der Waals surface area contributed by atoms with E-state index >= 15 is 0 Å². The van der Waals surface area contributed by atoms with Gasteiger partial charge < -0.3 is 4.74 Å². The van der Waals surface area contributed by atoms with Gasteiger partial charge in [-0.15, -0.1) is 0 Å². The zero-order valence-corrected chi connectivity index (χ0v) is 11.3. The van der Waals surface area contributed by atoms with E-state index in [2.05, 4.69) is 15.9 Å². The van der Waals surface area contributed by atoms with Crippen LogP contribution in [0.5, 0.6) is 5.75 Å². The van der Waals surface area contributed by atoms with Crippen LogP contribution in [0.25, 0.3) is 0 Å². The number of benzene rings is 1. The van der Waals surface area contributed by atoms with Gasteiger partial charge in [0, 0.05) is 15.8 Å². The van der Waals surface area contributed by atoms with Crippen molar-refractivity contribution in [2.24, 2.45) is 5.41 Å². The Labute approximate surface area is 104 Å². The van der Waals surface area contributed by atoms with Gasteiger partial charge in [-0.3, -0.25) is 4.79 Å². The maximum Gasteiger partial charge on any atom is 0.168 e. The van der Waals surface area contributed by atoms with Gasteiger partial charge in [-0.25, -0.2) is 0 Å². The molecule has 0 bridgehead atoms. The Balaban J connectivity index is 2.54. The number of ketones is 1. The Morgan fingerprint density at radius 3 is 2.75 bits per heavy atom. The number of alkyl halides is 1. The average molecular weight is 283 g/mol. The van der Waals surface area contributed by atoms with Crippen LogP contribution >= 0.6 is 15.9 Å². The molecular formula is C13H15BrO2. The number of ether oxygens (including phenoxy) is 1. The van der Waals surface area contributed by atoms with Crippen molar-refractivity contribution in [3.63, 3.8) is 0 Å². The van der Waals surface area contributed by atoms with Crippen molar-refractivity contribution in [1.29, 1.82) is 0 Å². The Hall–Kier alpha value is -0.830. The number of fused-ring (bicyclic) bond motifs is 1. The third kappa shape index (κ3) is 1.77. The third-order valence-electron chi connectivity index (χ3n) is 3.15. The first-order valence-corrected chi connectivity index (χ1v) is 6.24. The van der Waals surface area contributed by atoms with Crippen LogP contribution in [0.2, 0.25) is 0 Å². The van der Waals surface area contributed by atoms with Crippen LogP contribution in [0.3, 0.4) is 0 Å². The summed E-state index contributed by atoms with van der Waals surface area (Å²) in [5.74, 6) is 1.02. The van der Waals surface area contributed by atoms with E-state index < -0.39 is 0 Å². The van der Waals surface area contributed by atoms with Gasteiger partial charge in [-0.05, 0) is 30.2 Å². The molecule has 16 heavy (non-hydrogen) atoms. The predicted molar refractivity (Wildman–Crippen MR) is 67.4 cm³/mol. The molecule has 2 rings (SSSR count). The maximum absolute atomic E-state index is 12.2. The molecule has 0 heterocycles. The van der Waals surface area contributed by atoms with Crippen molar-refractivity contribution in [3.8, 4) is 5.75 Å². The summed E-state index contributed by atoms with van der Waals surface area (Å²) < 4.78 is 5.18. The maximum atomic E-state index is 12.2. The first-order valence-electron chi connectivity index (χ1n) is 5.32. The highest BCUT2D eigenvalue weighted by Gasteiger charge is 2.38. The Bertz CT molecular complexity index is 438. The van der Waals surface area contributed by atoms with E-state index in [4.69, 9.17) is 4.74 Å². The minimum absolute atomic E-state index is 0.223. The van der Waals surface area contributed by atoms with E-state index in [0.29, 0.717) is 0 Å². The third-order valence-corrected chi connectivity index (χ3v) is 3.96. The summed E-state index contributed by atoms with van der Waals surface area (Å²) >= 11 is 3.65. The van der Waals surface area contributed by atoms with E-state index in [1.54, 1.807) is 7.11 Å². The number of rotatable bonds is 1. The zero-order valence-electron chi connectivity index (χ0n) is 9.71. The smallest absolute Gasteiger partial charge is 0.168 e. The zero-order chi connectivity index (χ0) is 11.9. The SMILES string of the molecule is COc1ccc2c(c1)[C@@H](Br)CC(C)(C)C2=O. The molecule has 0 spiro atoms. The van der Waals surface area contributed by atoms with Gasteiger partial charge in [0.25, 0.3) is 0 Å². The number of hydrogen-bond acceptors (Lipinski definition) is 2. The van der Waals surface area contributed by atoms with E-state index in [-0.39, 0.29) is 16.0 Å². The fourth-order valence-electron chi connectivity index (χ4n) is 2.15. The molecule has 86 valence electrons. The summed E-state index contributed by atoms with van der Waals surface area (Å²) in [6.45, 7) is 3.99. The van der Waals surface area contributed by atoms with Gasteiger partial charge in [0.2, 0.25) is 0 Å². The van der Waals surface area contributed by atoms with Crippen LogP contribution in [-0.2, 0) is 0 Å². The number of carbonyl (C=O) groups excluding carboxylic acids is 1. The number of methoxy groups -OCH3 is 1. The van der Waals surface area contributed by atoms with Crippen molar-refractivity contribution in [2.75, 3.05) is 7.11 Å². The summed E-state index contributed by atoms with van der Waals surface area (Å²) in [5.41, 5.74) is 1.58. The molecule has 3 heteroatoms. The lowest BCUT2D eigenvalue weighted by Crippen LogP contribution is -2.31. The molecule has 0 aromatic heterocycles. The molecule has 1 aliphatic carbocycles. The molecule has 0 radical (unpaired) electrons. The first kappa shape index (κ1) is 11.6. The van der Waals surface area contributed by atoms with Crippen LogP contribution in [0, 0.1) is 5.41 Å². The summed E-state index contributed by atoms with van der Waals surface area (Å²) in [6, 6.07) is 5.66.